The first-order chi connectivity index (χ1) is 16.0. The number of carbonyl (C=O) groups excluding carboxylic acids is 2. The van der Waals surface area contributed by atoms with Gasteiger partial charge in [0.2, 0.25) is 11.8 Å². The Morgan fingerprint density at radius 3 is 2.39 bits per heavy atom. The Morgan fingerprint density at radius 1 is 1.09 bits per heavy atom. The third-order valence-corrected chi connectivity index (χ3v) is 6.35. The fraction of sp³-hybridized carbons (Fsp3) is 0.407. The van der Waals surface area contributed by atoms with Crippen molar-refractivity contribution in [2.75, 3.05) is 12.4 Å². The maximum absolute atomic E-state index is 12.9. The fourth-order valence-corrected chi connectivity index (χ4v) is 4.33. The van der Waals surface area contributed by atoms with Crippen LogP contribution in [0.3, 0.4) is 0 Å². The van der Waals surface area contributed by atoms with E-state index in [-0.39, 0.29) is 29.7 Å². The number of hydrogen-bond donors (Lipinski definition) is 3. The zero-order valence-corrected chi connectivity index (χ0v) is 19.5. The van der Waals surface area contributed by atoms with Crippen molar-refractivity contribution in [1.29, 1.82) is 0 Å². The van der Waals surface area contributed by atoms with Gasteiger partial charge in [0.1, 0.15) is 5.75 Å². The van der Waals surface area contributed by atoms with Crippen molar-refractivity contribution in [2.45, 2.75) is 51.1 Å². The van der Waals surface area contributed by atoms with Crippen molar-refractivity contribution in [1.82, 2.24) is 5.32 Å². The van der Waals surface area contributed by atoms with Gasteiger partial charge in [-0.25, -0.2) is 0 Å². The number of hydrogen-bond acceptors (Lipinski definition) is 4. The molecule has 6 heteroatoms. The number of amides is 2. The van der Waals surface area contributed by atoms with E-state index in [9.17, 15) is 9.59 Å². The van der Waals surface area contributed by atoms with Crippen LogP contribution in [-0.4, -0.2) is 31.0 Å². The molecule has 3 atom stereocenters. The van der Waals surface area contributed by atoms with Crippen LogP contribution >= 0.6 is 0 Å². The number of methoxy groups -OCH3 is 1. The third-order valence-electron chi connectivity index (χ3n) is 6.35. The number of nitrogens with two attached hydrogens (primary N) is 1. The molecule has 2 aromatic carbocycles. The maximum Gasteiger partial charge on any atom is 0.248 e. The molecule has 1 saturated carbocycles. The van der Waals surface area contributed by atoms with Crippen molar-refractivity contribution in [3.05, 3.63) is 72.3 Å². The van der Waals surface area contributed by atoms with Gasteiger partial charge in [0, 0.05) is 11.8 Å². The second kappa shape index (κ2) is 12.2. The summed E-state index contributed by atoms with van der Waals surface area (Å²) >= 11 is 0. The summed E-state index contributed by atoms with van der Waals surface area (Å²) in [6.45, 7) is 2.07. The second-order valence-electron chi connectivity index (χ2n) is 8.85. The topological polar surface area (TPSA) is 93.5 Å². The van der Waals surface area contributed by atoms with E-state index in [4.69, 9.17) is 10.5 Å². The Bertz CT molecular complexity index is 921. The number of benzene rings is 2. The van der Waals surface area contributed by atoms with Gasteiger partial charge < -0.3 is 21.1 Å². The van der Waals surface area contributed by atoms with Crippen molar-refractivity contribution in [3.8, 4) is 5.75 Å². The molecule has 2 unspecified atom stereocenters. The van der Waals surface area contributed by atoms with E-state index in [1.54, 1.807) is 37.5 Å². The molecule has 1 aliphatic carbocycles. The summed E-state index contributed by atoms with van der Waals surface area (Å²) in [4.78, 5) is 25.4. The lowest BCUT2D eigenvalue weighted by Crippen LogP contribution is -2.50. The Hall–Kier alpha value is -3.12. The first-order valence-corrected chi connectivity index (χ1v) is 11.7. The largest absolute Gasteiger partial charge is 0.497 e. The van der Waals surface area contributed by atoms with Gasteiger partial charge >= 0.3 is 0 Å². The van der Waals surface area contributed by atoms with Gasteiger partial charge in [0.25, 0.3) is 0 Å². The molecule has 1 fully saturated rings. The Morgan fingerprint density at radius 2 is 1.76 bits per heavy atom. The molecule has 6 nitrogen and oxygen atoms in total. The molecule has 2 aromatic rings. The Labute approximate surface area is 196 Å². The fourth-order valence-electron chi connectivity index (χ4n) is 4.33. The predicted molar refractivity (Wildman–Crippen MR) is 132 cm³/mol. The molecule has 0 aliphatic heterocycles. The Balaban J connectivity index is 1.67. The van der Waals surface area contributed by atoms with Gasteiger partial charge in [0.05, 0.1) is 19.2 Å². The molecule has 176 valence electrons. The summed E-state index contributed by atoms with van der Waals surface area (Å²) in [7, 11) is 1.60. The van der Waals surface area contributed by atoms with Crippen molar-refractivity contribution < 1.29 is 14.3 Å². The molecule has 0 radical (unpaired) electrons. The van der Waals surface area contributed by atoms with Crippen LogP contribution in [0.1, 0.15) is 38.2 Å². The van der Waals surface area contributed by atoms with Crippen LogP contribution in [0.5, 0.6) is 5.75 Å². The summed E-state index contributed by atoms with van der Waals surface area (Å²) in [6, 6.07) is 16.4. The van der Waals surface area contributed by atoms with Crippen molar-refractivity contribution >= 4 is 17.5 Å². The molecule has 4 N–H and O–H groups in total. The Kier molecular flexibility index (Phi) is 9.07. The van der Waals surface area contributed by atoms with Gasteiger partial charge in [0.15, 0.2) is 0 Å². The number of anilines is 1. The summed E-state index contributed by atoms with van der Waals surface area (Å²) in [5.74, 6) is 0.632. The van der Waals surface area contributed by atoms with Crippen molar-refractivity contribution in [2.24, 2.45) is 17.6 Å². The van der Waals surface area contributed by atoms with Gasteiger partial charge in [-0.1, -0.05) is 56.2 Å². The second-order valence-corrected chi connectivity index (χ2v) is 8.85. The minimum Gasteiger partial charge on any atom is -0.497 e. The van der Waals surface area contributed by atoms with Crippen LogP contribution in [0.2, 0.25) is 0 Å². The monoisotopic (exact) mass is 449 g/mol. The highest BCUT2D eigenvalue weighted by molar-refractivity contribution is 5.99. The SMILES string of the molecule is COc1ccc(NC(=O)/C=C/[C@@H](NC(=O)C(N)C2CCCC2)C(C)Cc2ccccc2)cc1. The molecule has 3 rings (SSSR count). The lowest BCUT2D eigenvalue weighted by Gasteiger charge is -2.26. The van der Waals surface area contributed by atoms with E-state index in [1.165, 1.54) is 11.6 Å². The quantitative estimate of drug-likeness (QED) is 0.477. The van der Waals surface area contributed by atoms with Gasteiger partial charge in [-0.2, -0.15) is 0 Å². The van der Waals surface area contributed by atoms with Crippen LogP contribution in [0, 0.1) is 11.8 Å². The van der Waals surface area contributed by atoms with Crippen molar-refractivity contribution in [3.63, 3.8) is 0 Å². The van der Waals surface area contributed by atoms with Crippen LogP contribution < -0.4 is 21.1 Å². The van der Waals surface area contributed by atoms with Crippen LogP contribution in [-0.2, 0) is 16.0 Å². The predicted octanol–water partition coefficient (Wildman–Crippen LogP) is 4.07. The molecule has 1 aliphatic rings. The molecule has 0 heterocycles. The van der Waals surface area contributed by atoms with Crippen LogP contribution in [0.4, 0.5) is 5.69 Å². The third kappa shape index (κ3) is 7.46. The molecular formula is C27H35N3O3. The highest BCUT2D eigenvalue weighted by Crippen LogP contribution is 2.27. The van der Waals surface area contributed by atoms with E-state index < -0.39 is 6.04 Å². The first kappa shape index (κ1) is 24.5. The van der Waals surface area contributed by atoms with Gasteiger partial charge in [-0.15, -0.1) is 0 Å². The van der Waals surface area contributed by atoms with E-state index in [2.05, 4.69) is 29.7 Å². The zero-order chi connectivity index (χ0) is 23.6. The number of nitrogens with one attached hydrogen (secondary N) is 2. The molecule has 2 amide bonds. The van der Waals surface area contributed by atoms with Gasteiger partial charge in [-0.05, 0) is 60.9 Å². The number of ether oxygens (including phenoxy) is 1. The van der Waals surface area contributed by atoms with E-state index >= 15 is 0 Å². The molecular weight excluding hydrogens is 414 g/mol. The van der Waals surface area contributed by atoms with E-state index in [1.807, 2.05) is 18.2 Å². The highest BCUT2D eigenvalue weighted by Gasteiger charge is 2.29. The number of rotatable bonds is 10. The highest BCUT2D eigenvalue weighted by atomic mass is 16.5. The smallest absolute Gasteiger partial charge is 0.248 e. The summed E-state index contributed by atoms with van der Waals surface area (Å²) in [5, 5.41) is 5.94. The van der Waals surface area contributed by atoms with Crippen LogP contribution in [0.15, 0.2) is 66.7 Å². The average molecular weight is 450 g/mol. The molecule has 0 spiro atoms. The standard InChI is InChI=1S/C27H35N3O3/c1-19(18-20-8-4-3-5-9-20)24(30-27(32)26(28)21-10-6-7-11-21)16-17-25(31)29-22-12-14-23(33-2)15-13-22/h3-5,8-9,12-17,19,21,24,26H,6-7,10-11,18,28H2,1-2H3,(H,29,31)(H,30,32)/b17-16+/t19?,24-,26?/m1/s1. The molecule has 0 aromatic heterocycles. The number of carbonyl (C=O) groups is 2. The summed E-state index contributed by atoms with van der Waals surface area (Å²) in [5.41, 5.74) is 8.13. The lowest BCUT2D eigenvalue weighted by atomic mass is 9.92. The molecule has 0 saturated heterocycles. The lowest BCUT2D eigenvalue weighted by molar-refractivity contribution is -0.124. The maximum atomic E-state index is 12.9. The average Bonchev–Trinajstić information content (AvgIpc) is 3.37. The zero-order valence-electron chi connectivity index (χ0n) is 19.5. The van der Waals surface area contributed by atoms with Crippen LogP contribution in [0.25, 0.3) is 0 Å². The molecule has 0 bridgehead atoms. The summed E-state index contributed by atoms with van der Waals surface area (Å²) in [6.07, 6.45) is 8.28. The van der Waals surface area contributed by atoms with Gasteiger partial charge in [-0.3, -0.25) is 9.59 Å². The normalized spacial score (nSPS) is 16.8. The first-order valence-electron chi connectivity index (χ1n) is 11.7. The minimum absolute atomic E-state index is 0.0807. The summed E-state index contributed by atoms with van der Waals surface area (Å²) < 4.78 is 5.14. The van der Waals surface area contributed by atoms with E-state index in [0.29, 0.717) is 5.69 Å². The van der Waals surface area contributed by atoms with E-state index in [0.717, 1.165) is 37.9 Å². The molecule has 33 heavy (non-hydrogen) atoms. The minimum atomic E-state index is -0.513.